The van der Waals surface area contributed by atoms with E-state index in [0.717, 1.165) is 31.3 Å². The van der Waals surface area contributed by atoms with Crippen LogP contribution in [0.5, 0.6) is 0 Å². The van der Waals surface area contributed by atoms with Crippen LogP contribution >= 0.6 is 0 Å². The number of carbonyl (C=O) groups is 1. The Balaban J connectivity index is 1.10. The molecule has 0 aromatic heterocycles. The Morgan fingerprint density at radius 2 is 1.58 bits per heavy atom. The molecule has 16 heteroatoms. The summed E-state index contributed by atoms with van der Waals surface area (Å²) in [5.41, 5.74) is 0.110. The zero-order valence-electron chi connectivity index (χ0n) is 40.0. The van der Waals surface area contributed by atoms with Crippen molar-refractivity contribution in [3.05, 3.63) is 47.1 Å². The number of oxime groups is 1. The summed E-state index contributed by atoms with van der Waals surface area (Å²) in [4.78, 5) is 14.5. The third-order valence-corrected chi connectivity index (χ3v) is 15.9. The fraction of sp³-hybridized carbons (Fsp3) is 0.800. The second kappa shape index (κ2) is 20.8. The van der Waals surface area contributed by atoms with Crippen LogP contribution in [0.15, 0.2) is 52.3 Å². The minimum absolute atomic E-state index is 0.00937. The largest absolute Gasteiger partial charge is 0.462 e. The average Bonchev–Trinajstić information content (AvgIpc) is 3.63. The van der Waals surface area contributed by atoms with E-state index in [9.17, 15) is 25.3 Å². The van der Waals surface area contributed by atoms with Gasteiger partial charge in [-0.3, -0.25) is 4.79 Å². The van der Waals surface area contributed by atoms with Crippen molar-refractivity contribution in [2.75, 3.05) is 20.8 Å². The molecule has 4 N–H and O–H groups in total. The van der Waals surface area contributed by atoms with E-state index in [2.05, 4.69) is 18.2 Å². The van der Waals surface area contributed by atoms with Crippen molar-refractivity contribution in [2.24, 2.45) is 28.8 Å². The van der Waals surface area contributed by atoms with E-state index >= 15 is 0 Å². The molecule has 0 aromatic rings. The van der Waals surface area contributed by atoms with Gasteiger partial charge in [-0.15, -0.1) is 0 Å². The summed E-state index contributed by atoms with van der Waals surface area (Å²) in [5.74, 6) is -3.04. The number of aliphatic hydroxyl groups is 3. The first-order valence-corrected chi connectivity index (χ1v) is 24.5. The minimum Gasteiger partial charge on any atom is -0.462 e. The van der Waals surface area contributed by atoms with Gasteiger partial charge in [0.25, 0.3) is 0 Å². The van der Waals surface area contributed by atoms with Crippen molar-refractivity contribution < 1.29 is 72.7 Å². The maximum Gasteiger partial charge on any atom is 0.316 e. The van der Waals surface area contributed by atoms with E-state index in [1.807, 2.05) is 32.9 Å². The highest BCUT2D eigenvalue weighted by molar-refractivity contribution is 6.06. The maximum absolute atomic E-state index is 14.5. The highest BCUT2D eigenvalue weighted by Gasteiger charge is 2.60. The molecule has 0 aromatic carbocycles. The third kappa shape index (κ3) is 10.0. The Labute approximate surface area is 389 Å². The molecule has 8 aliphatic rings. The highest BCUT2D eigenvalue weighted by Crippen LogP contribution is 2.49. The van der Waals surface area contributed by atoms with Crippen molar-refractivity contribution in [3.8, 4) is 0 Å². The monoisotopic (exact) mass is 930 g/mol. The first-order valence-electron chi connectivity index (χ1n) is 24.5. The van der Waals surface area contributed by atoms with Gasteiger partial charge in [0.15, 0.2) is 18.4 Å². The van der Waals surface area contributed by atoms with Gasteiger partial charge < -0.3 is 67.9 Å². The predicted octanol–water partition coefficient (Wildman–Crippen LogP) is 5.58. The van der Waals surface area contributed by atoms with Crippen LogP contribution in [0, 0.1) is 23.7 Å². The number of allylic oxidation sites excluding steroid dienone is 2. The van der Waals surface area contributed by atoms with Gasteiger partial charge in [0.05, 0.1) is 55.4 Å². The summed E-state index contributed by atoms with van der Waals surface area (Å²) >= 11 is 0. The van der Waals surface area contributed by atoms with Crippen molar-refractivity contribution in [1.82, 2.24) is 0 Å². The van der Waals surface area contributed by atoms with Crippen molar-refractivity contribution in [3.63, 3.8) is 0 Å². The fourth-order valence-corrected chi connectivity index (χ4v) is 12.1. The molecule has 2 bridgehead atoms. The van der Waals surface area contributed by atoms with Gasteiger partial charge in [0.1, 0.15) is 41.6 Å². The smallest absolute Gasteiger partial charge is 0.316 e. The summed E-state index contributed by atoms with van der Waals surface area (Å²) in [6, 6.07) is 0. The SMILES string of the molecule is CO[C@H]1C[C@H](O[C@H]2[C@H](C)O[C@@H](O[C@@H]3/C(C)=C/C[C@@H]4C[C@@H](C[C@]5(C[C@H](O)[C@H](C)[C@@H](C6CCCCC6)O5)O4)OC(=O)[C@@H]4C=C(C)/C(=N\O)[C@H]5OC/C(=C\C=C\[C@@H]3C)[C@]54O)C[C@@H]2OC)O[C@@H](C)[C@@H]1O. The quantitative estimate of drug-likeness (QED) is 0.107. The van der Waals surface area contributed by atoms with Gasteiger partial charge in [0, 0.05) is 58.2 Å². The first kappa shape index (κ1) is 49.8. The Morgan fingerprint density at radius 1 is 0.864 bits per heavy atom. The van der Waals surface area contributed by atoms with Crippen LogP contribution in [0.3, 0.4) is 0 Å². The summed E-state index contributed by atoms with van der Waals surface area (Å²) < 4.78 is 64.2. The molecule has 5 saturated heterocycles. The molecule has 6 fully saturated rings. The predicted molar refractivity (Wildman–Crippen MR) is 239 cm³/mol. The summed E-state index contributed by atoms with van der Waals surface area (Å²) in [7, 11) is 3.21. The Bertz CT molecular complexity index is 1860. The van der Waals surface area contributed by atoms with E-state index in [-0.39, 0.29) is 49.0 Å². The molecule has 0 unspecified atom stereocenters. The molecule has 66 heavy (non-hydrogen) atoms. The number of fused-ring (bicyclic) bond motifs is 2. The second-order valence-electron chi connectivity index (χ2n) is 20.4. The molecule has 1 saturated carbocycles. The van der Waals surface area contributed by atoms with E-state index in [4.69, 9.17) is 47.4 Å². The number of aliphatic hydroxyl groups excluding tert-OH is 2. The zero-order chi connectivity index (χ0) is 47.1. The third-order valence-electron chi connectivity index (χ3n) is 15.9. The molecule has 370 valence electrons. The number of rotatable bonds is 7. The van der Waals surface area contributed by atoms with Crippen LogP contribution in [0.2, 0.25) is 0 Å². The zero-order valence-corrected chi connectivity index (χ0v) is 40.0. The fourth-order valence-electron chi connectivity index (χ4n) is 12.1. The highest BCUT2D eigenvalue weighted by atomic mass is 16.7. The lowest BCUT2D eigenvalue weighted by molar-refractivity contribution is -0.355. The lowest BCUT2D eigenvalue weighted by atomic mass is 9.71. The lowest BCUT2D eigenvalue weighted by Gasteiger charge is -2.53. The summed E-state index contributed by atoms with van der Waals surface area (Å²) in [5, 5.41) is 48.5. The molecule has 0 radical (unpaired) electrons. The Hall–Kier alpha value is -2.58. The molecular formula is C50H75NO15. The van der Waals surface area contributed by atoms with Gasteiger partial charge in [0.2, 0.25) is 0 Å². The number of hydrogen-bond donors (Lipinski definition) is 4. The van der Waals surface area contributed by atoms with Crippen LogP contribution in [-0.4, -0.2) is 150 Å². The van der Waals surface area contributed by atoms with Crippen molar-refractivity contribution >= 4 is 11.7 Å². The Morgan fingerprint density at radius 3 is 2.30 bits per heavy atom. The van der Waals surface area contributed by atoms with Crippen molar-refractivity contribution in [1.29, 1.82) is 0 Å². The van der Waals surface area contributed by atoms with Gasteiger partial charge in [-0.1, -0.05) is 68.6 Å². The van der Waals surface area contributed by atoms with Crippen LogP contribution in [0.25, 0.3) is 0 Å². The minimum atomic E-state index is -1.90. The van der Waals surface area contributed by atoms with Crippen molar-refractivity contribution in [2.45, 2.75) is 209 Å². The van der Waals surface area contributed by atoms with E-state index in [1.54, 1.807) is 40.2 Å². The number of methoxy groups -OCH3 is 2. The summed E-state index contributed by atoms with van der Waals surface area (Å²) in [6.45, 7) is 11.6. The van der Waals surface area contributed by atoms with Crippen LogP contribution < -0.4 is 0 Å². The van der Waals surface area contributed by atoms with Crippen LogP contribution in [0.1, 0.15) is 112 Å². The molecule has 8 rings (SSSR count). The van der Waals surface area contributed by atoms with Gasteiger partial charge in [-0.05, 0) is 69.6 Å². The molecular weight excluding hydrogens is 855 g/mol. The standard InChI is InChI=1S/C50H75NO15/c1-26-13-12-16-33-25-59-47-42(51-56)28(3)19-36(50(33,47)55)48(54)62-35-20-34(65-49(23-35)24-37(52)29(4)45(66-49)32-14-10-9-11-15-32)18-17-27(2)44(26)63-41-22-39(58-8)46(31(6)61-41)64-40-21-38(57-7)43(53)30(5)60-40/h12-13,16-17,19,26,29-32,34-41,43-47,52-53,55-56H,9-11,14-15,18,20-25H2,1-8H3/b13-12+,27-17+,33-16+,51-42+/t26-,29-,30-,31-,34+,35-,36-,37-,38-,39-,40-,41-,43-,44-,45-,46-,47+,49-,50+/m0/s1. The molecule has 16 nitrogen and oxygen atoms in total. The molecule has 0 amide bonds. The summed E-state index contributed by atoms with van der Waals surface area (Å²) in [6.07, 6.45) is 8.79. The lowest BCUT2D eigenvalue weighted by Crippen LogP contribution is -2.60. The number of carbonyl (C=O) groups excluding carboxylic acids is 1. The first-order chi connectivity index (χ1) is 31.6. The Kier molecular flexibility index (Phi) is 15.7. The van der Waals surface area contributed by atoms with E-state index < -0.39 is 103 Å². The van der Waals surface area contributed by atoms with Crippen LogP contribution in [-0.2, 0) is 52.2 Å². The number of nitrogens with zero attached hydrogens (tertiary/aromatic N) is 1. The molecule has 6 aliphatic heterocycles. The second-order valence-corrected chi connectivity index (χ2v) is 20.4. The van der Waals surface area contributed by atoms with Crippen LogP contribution in [0.4, 0.5) is 0 Å². The van der Waals surface area contributed by atoms with Gasteiger partial charge >= 0.3 is 5.97 Å². The van der Waals surface area contributed by atoms with E-state index in [0.29, 0.717) is 36.8 Å². The molecule has 2 aliphatic carbocycles. The van der Waals surface area contributed by atoms with Gasteiger partial charge in [-0.25, -0.2) is 0 Å². The number of ether oxygens (including phenoxy) is 10. The normalized spacial score (nSPS) is 49.0. The van der Waals surface area contributed by atoms with Gasteiger partial charge in [-0.2, -0.15) is 0 Å². The average molecular weight is 930 g/mol. The molecule has 6 heterocycles. The maximum atomic E-state index is 14.5. The topological polar surface area (TPSA) is 203 Å². The number of esters is 1. The number of hydrogen-bond acceptors (Lipinski definition) is 16. The molecule has 1 spiro atoms. The van der Waals surface area contributed by atoms with E-state index in [1.165, 1.54) is 6.42 Å². The molecule has 19 atom stereocenters.